The maximum Gasteiger partial charge on any atom is 0.226 e. The number of carbonyl (C=O) groups excluding carboxylic acids is 2. The molecule has 0 bridgehead atoms. The molecule has 7 heteroatoms. The lowest BCUT2D eigenvalue weighted by Crippen LogP contribution is -2.34. The minimum atomic E-state index is -0.562. The Kier molecular flexibility index (Phi) is 8.38. The number of methoxy groups -OCH3 is 1. The summed E-state index contributed by atoms with van der Waals surface area (Å²) in [6.07, 6.45) is 2.05. The van der Waals surface area contributed by atoms with Gasteiger partial charge in [-0.2, -0.15) is 4.39 Å². The van der Waals surface area contributed by atoms with Crippen molar-refractivity contribution < 1.29 is 23.1 Å². The lowest BCUT2D eigenvalue weighted by atomic mass is 9.99. The van der Waals surface area contributed by atoms with Crippen LogP contribution in [0.5, 0.6) is 0 Å². The molecule has 1 aromatic heterocycles. The fourth-order valence-electron chi connectivity index (χ4n) is 3.51. The standard InChI is InChI=1S/C26H26F2N2O3/c1-3-25(32)30(15-16-33-2)23-12-10-21(17-22(23)27)18-6-8-19(9-7-18)24(31)13-11-20-5-4-14-29-26(20)28/h4-10,12,14,17H,3,11,13,15-16H2,1-2H3. The van der Waals surface area contributed by atoms with Gasteiger partial charge in [0.05, 0.1) is 12.3 Å². The lowest BCUT2D eigenvalue weighted by molar-refractivity contribution is -0.118. The Morgan fingerprint density at radius 1 is 1.03 bits per heavy atom. The molecule has 0 saturated carbocycles. The Bertz CT molecular complexity index is 1120. The normalized spacial score (nSPS) is 10.8. The second-order valence-corrected chi connectivity index (χ2v) is 7.51. The molecule has 0 aliphatic carbocycles. The number of nitrogens with zero attached hydrogens (tertiary/aromatic N) is 2. The van der Waals surface area contributed by atoms with Crippen molar-refractivity contribution in [2.75, 3.05) is 25.2 Å². The number of pyridine rings is 1. The van der Waals surface area contributed by atoms with Gasteiger partial charge in [-0.15, -0.1) is 0 Å². The summed E-state index contributed by atoms with van der Waals surface area (Å²) in [6, 6.07) is 14.8. The highest BCUT2D eigenvalue weighted by atomic mass is 19.1. The number of amides is 1. The van der Waals surface area contributed by atoms with E-state index in [0.717, 1.165) is 5.56 Å². The summed E-state index contributed by atoms with van der Waals surface area (Å²) < 4.78 is 33.6. The molecule has 0 fully saturated rings. The van der Waals surface area contributed by atoms with Crippen LogP contribution in [0, 0.1) is 11.8 Å². The minimum Gasteiger partial charge on any atom is -0.383 e. The van der Waals surface area contributed by atoms with Crippen molar-refractivity contribution in [1.29, 1.82) is 0 Å². The average molecular weight is 453 g/mol. The number of carbonyl (C=O) groups is 2. The van der Waals surface area contributed by atoms with E-state index in [9.17, 15) is 18.4 Å². The Morgan fingerprint density at radius 3 is 2.39 bits per heavy atom. The van der Waals surface area contributed by atoms with Gasteiger partial charge >= 0.3 is 0 Å². The first kappa shape index (κ1) is 24.2. The van der Waals surface area contributed by atoms with Crippen LogP contribution in [0.4, 0.5) is 14.5 Å². The van der Waals surface area contributed by atoms with Crippen LogP contribution in [0.25, 0.3) is 11.1 Å². The highest BCUT2D eigenvalue weighted by Gasteiger charge is 2.18. The predicted octanol–water partition coefficient (Wildman–Crippen LogP) is 5.23. The van der Waals surface area contributed by atoms with Gasteiger partial charge in [-0.1, -0.05) is 43.3 Å². The smallest absolute Gasteiger partial charge is 0.226 e. The third kappa shape index (κ3) is 6.08. The average Bonchev–Trinajstić information content (AvgIpc) is 2.84. The number of hydrogen-bond donors (Lipinski definition) is 0. The minimum absolute atomic E-state index is 0.113. The lowest BCUT2D eigenvalue weighted by Gasteiger charge is -2.23. The molecule has 2 aromatic carbocycles. The first-order valence-corrected chi connectivity index (χ1v) is 10.8. The number of hydrogen-bond acceptors (Lipinski definition) is 4. The quantitative estimate of drug-likeness (QED) is 0.312. The van der Waals surface area contributed by atoms with Crippen LogP contribution in [0.1, 0.15) is 35.7 Å². The van der Waals surface area contributed by atoms with E-state index in [4.69, 9.17) is 4.74 Å². The molecule has 0 aliphatic rings. The third-order valence-electron chi connectivity index (χ3n) is 5.36. The number of rotatable bonds is 10. The van der Waals surface area contributed by atoms with E-state index >= 15 is 0 Å². The summed E-state index contributed by atoms with van der Waals surface area (Å²) in [5.41, 5.74) is 2.47. The number of ether oxygens (including phenoxy) is 1. The van der Waals surface area contributed by atoms with Gasteiger partial charge in [-0.3, -0.25) is 9.59 Å². The molecule has 5 nitrogen and oxygen atoms in total. The molecule has 33 heavy (non-hydrogen) atoms. The maximum atomic E-state index is 14.9. The van der Waals surface area contributed by atoms with Crippen LogP contribution in [0.2, 0.25) is 0 Å². The van der Waals surface area contributed by atoms with Gasteiger partial charge in [0.25, 0.3) is 0 Å². The van der Waals surface area contributed by atoms with Crippen molar-refractivity contribution in [3.8, 4) is 11.1 Å². The first-order chi connectivity index (χ1) is 15.9. The van der Waals surface area contributed by atoms with Gasteiger partial charge in [0.2, 0.25) is 11.9 Å². The molecular formula is C26H26F2N2O3. The van der Waals surface area contributed by atoms with Gasteiger partial charge in [0.15, 0.2) is 5.78 Å². The number of ketones is 1. The number of halogens is 2. The molecule has 1 heterocycles. The number of Topliss-reactive ketones (excluding diaryl/α,β-unsaturated/α-hetero) is 1. The first-order valence-electron chi connectivity index (χ1n) is 10.8. The highest BCUT2D eigenvalue weighted by Crippen LogP contribution is 2.27. The summed E-state index contributed by atoms with van der Waals surface area (Å²) in [6.45, 7) is 2.29. The Hall–Kier alpha value is -3.45. The van der Waals surface area contributed by atoms with E-state index in [1.54, 1.807) is 55.5 Å². The third-order valence-corrected chi connectivity index (χ3v) is 5.36. The summed E-state index contributed by atoms with van der Waals surface area (Å²) in [7, 11) is 1.53. The summed E-state index contributed by atoms with van der Waals surface area (Å²) >= 11 is 0. The summed E-state index contributed by atoms with van der Waals surface area (Å²) in [5, 5.41) is 0. The number of aromatic nitrogens is 1. The molecule has 0 N–H and O–H groups in total. The van der Waals surface area contributed by atoms with Crippen molar-refractivity contribution in [1.82, 2.24) is 4.98 Å². The van der Waals surface area contributed by atoms with E-state index in [-0.39, 0.29) is 43.2 Å². The highest BCUT2D eigenvalue weighted by molar-refractivity contribution is 5.96. The van der Waals surface area contributed by atoms with Crippen LogP contribution in [-0.4, -0.2) is 36.9 Å². The van der Waals surface area contributed by atoms with Gasteiger partial charge in [-0.05, 0) is 35.7 Å². The summed E-state index contributed by atoms with van der Waals surface area (Å²) in [5.74, 6) is -1.37. The summed E-state index contributed by atoms with van der Waals surface area (Å²) in [4.78, 5) is 29.7. The fraction of sp³-hybridized carbons (Fsp3) is 0.269. The fourth-order valence-corrected chi connectivity index (χ4v) is 3.51. The van der Waals surface area contributed by atoms with Crippen LogP contribution >= 0.6 is 0 Å². The van der Waals surface area contributed by atoms with E-state index in [0.29, 0.717) is 23.3 Å². The second-order valence-electron chi connectivity index (χ2n) is 7.51. The van der Waals surface area contributed by atoms with Crippen LogP contribution in [0.3, 0.4) is 0 Å². The molecule has 0 radical (unpaired) electrons. The number of anilines is 1. The van der Waals surface area contributed by atoms with Gasteiger partial charge in [-0.25, -0.2) is 9.37 Å². The topological polar surface area (TPSA) is 59.5 Å². The molecular weight excluding hydrogens is 426 g/mol. The van der Waals surface area contributed by atoms with Crippen molar-refractivity contribution in [2.24, 2.45) is 0 Å². The zero-order chi connectivity index (χ0) is 23.8. The second kappa shape index (κ2) is 11.4. The Balaban J connectivity index is 1.72. The van der Waals surface area contributed by atoms with Gasteiger partial charge in [0, 0.05) is 43.8 Å². The van der Waals surface area contributed by atoms with Crippen molar-refractivity contribution in [3.63, 3.8) is 0 Å². The Labute approximate surface area is 192 Å². The largest absolute Gasteiger partial charge is 0.383 e. The van der Waals surface area contributed by atoms with E-state index in [2.05, 4.69) is 4.98 Å². The van der Waals surface area contributed by atoms with E-state index < -0.39 is 11.8 Å². The zero-order valence-electron chi connectivity index (χ0n) is 18.7. The number of benzene rings is 2. The van der Waals surface area contributed by atoms with E-state index in [1.165, 1.54) is 24.3 Å². The van der Waals surface area contributed by atoms with Crippen LogP contribution in [0.15, 0.2) is 60.8 Å². The Morgan fingerprint density at radius 2 is 1.76 bits per heavy atom. The maximum absolute atomic E-state index is 14.9. The molecule has 3 aromatic rings. The number of aryl methyl sites for hydroxylation is 1. The molecule has 1 amide bonds. The molecule has 0 spiro atoms. The van der Waals surface area contributed by atoms with Crippen LogP contribution in [-0.2, 0) is 16.0 Å². The predicted molar refractivity (Wildman–Crippen MR) is 123 cm³/mol. The SMILES string of the molecule is CCC(=O)N(CCOC)c1ccc(-c2ccc(C(=O)CCc3cccnc3F)cc2)cc1F. The molecule has 0 unspecified atom stereocenters. The van der Waals surface area contributed by atoms with Crippen molar-refractivity contribution in [2.45, 2.75) is 26.2 Å². The molecule has 172 valence electrons. The van der Waals surface area contributed by atoms with Crippen molar-refractivity contribution in [3.05, 3.63) is 83.7 Å². The molecule has 0 atom stereocenters. The molecule has 0 saturated heterocycles. The van der Waals surface area contributed by atoms with Crippen molar-refractivity contribution >= 4 is 17.4 Å². The zero-order valence-corrected chi connectivity index (χ0v) is 18.7. The van der Waals surface area contributed by atoms with Gasteiger partial charge in [0.1, 0.15) is 5.82 Å². The molecule has 3 rings (SSSR count). The van der Waals surface area contributed by atoms with Crippen LogP contribution < -0.4 is 4.90 Å². The molecule has 0 aliphatic heterocycles. The van der Waals surface area contributed by atoms with E-state index in [1.807, 2.05) is 0 Å². The van der Waals surface area contributed by atoms with Gasteiger partial charge < -0.3 is 9.64 Å². The monoisotopic (exact) mass is 452 g/mol.